The molecule has 2 rings (SSSR count). The van der Waals surface area contributed by atoms with Crippen molar-refractivity contribution in [3.05, 3.63) is 17.5 Å². The third-order valence-electron chi connectivity index (χ3n) is 3.22. The Bertz CT molecular complexity index is 324. The number of likely N-dealkylation sites (tertiary alicyclic amines) is 1. The fourth-order valence-electron chi connectivity index (χ4n) is 2.27. The lowest BCUT2D eigenvalue weighted by atomic mass is 10.0. The van der Waals surface area contributed by atoms with Crippen molar-refractivity contribution in [3.8, 4) is 0 Å². The Morgan fingerprint density at radius 3 is 3.07 bits per heavy atom. The summed E-state index contributed by atoms with van der Waals surface area (Å²) in [6.07, 6.45) is 1.15. The highest BCUT2D eigenvalue weighted by Gasteiger charge is 2.30. The van der Waals surface area contributed by atoms with E-state index in [1.165, 1.54) is 0 Å². The van der Waals surface area contributed by atoms with Gasteiger partial charge >= 0.3 is 0 Å². The van der Waals surface area contributed by atoms with Gasteiger partial charge in [-0.15, -0.1) is 0 Å². The molecule has 0 aromatic carbocycles. The van der Waals surface area contributed by atoms with E-state index in [1.807, 2.05) is 13.0 Å². The maximum absolute atomic E-state index is 9.30. The average Bonchev–Trinajstić information content (AvgIpc) is 2.75. The molecule has 1 aromatic heterocycles. The fourth-order valence-corrected chi connectivity index (χ4v) is 2.27. The first-order chi connectivity index (χ1) is 7.20. The van der Waals surface area contributed by atoms with Crippen molar-refractivity contribution in [3.63, 3.8) is 0 Å². The first-order valence-electron chi connectivity index (χ1n) is 5.48. The van der Waals surface area contributed by atoms with Crippen molar-refractivity contribution < 1.29 is 9.63 Å². The maximum Gasteiger partial charge on any atom is 0.150 e. The van der Waals surface area contributed by atoms with E-state index in [0.717, 1.165) is 31.0 Å². The minimum absolute atomic E-state index is 0.230. The second-order valence-electron chi connectivity index (χ2n) is 4.42. The topological polar surface area (TPSA) is 49.5 Å². The molecule has 1 aliphatic rings. The third-order valence-corrected chi connectivity index (χ3v) is 3.22. The molecule has 15 heavy (non-hydrogen) atoms. The van der Waals surface area contributed by atoms with Gasteiger partial charge in [0.25, 0.3) is 0 Å². The first-order valence-corrected chi connectivity index (χ1v) is 5.48. The highest BCUT2D eigenvalue weighted by Crippen LogP contribution is 2.25. The molecule has 0 radical (unpaired) electrons. The summed E-state index contributed by atoms with van der Waals surface area (Å²) in [4.78, 5) is 2.27. The predicted molar refractivity (Wildman–Crippen MR) is 56.3 cm³/mol. The fraction of sp³-hybridized carbons (Fsp3) is 0.727. The van der Waals surface area contributed by atoms with E-state index in [4.69, 9.17) is 4.52 Å². The molecular weight excluding hydrogens is 192 g/mol. The molecule has 1 saturated heterocycles. The van der Waals surface area contributed by atoms with Gasteiger partial charge < -0.3 is 9.63 Å². The van der Waals surface area contributed by atoms with Gasteiger partial charge in [0.15, 0.2) is 5.76 Å². The van der Waals surface area contributed by atoms with E-state index in [9.17, 15) is 5.11 Å². The van der Waals surface area contributed by atoms with Crippen molar-refractivity contribution in [2.24, 2.45) is 5.92 Å². The molecule has 4 nitrogen and oxygen atoms in total. The van der Waals surface area contributed by atoms with Crippen molar-refractivity contribution >= 4 is 0 Å². The summed E-state index contributed by atoms with van der Waals surface area (Å²) in [6, 6.07) is 2.23. The van der Waals surface area contributed by atoms with E-state index in [2.05, 4.69) is 17.0 Å². The van der Waals surface area contributed by atoms with Gasteiger partial charge in [-0.25, -0.2) is 0 Å². The molecule has 0 spiro atoms. The Morgan fingerprint density at radius 2 is 2.47 bits per heavy atom. The second-order valence-corrected chi connectivity index (χ2v) is 4.42. The highest BCUT2D eigenvalue weighted by atomic mass is 16.5. The van der Waals surface area contributed by atoms with Crippen LogP contribution in [0.3, 0.4) is 0 Å². The van der Waals surface area contributed by atoms with Crippen LogP contribution < -0.4 is 0 Å². The monoisotopic (exact) mass is 210 g/mol. The SMILES string of the molecule is Cc1cc(CN2CCC(C)C2CO)on1. The van der Waals surface area contributed by atoms with Crippen molar-refractivity contribution in [2.75, 3.05) is 13.2 Å². The molecule has 0 bridgehead atoms. The number of hydrogen-bond acceptors (Lipinski definition) is 4. The highest BCUT2D eigenvalue weighted by molar-refractivity contribution is 5.03. The lowest BCUT2D eigenvalue weighted by Gasteiger charge is -2.23. The van der Waals surface area contributed by atoms with E-state index in [-0.39, 0.29) is 12.6 Å². The van der Waals surface area contributed by atoms with Crippen LogP contribution in [0, 0.1) is 12.8 Å². The number of rotatable bonds is 3. The summed E-state index contributed by atoms with van der Waals surface area (Å²) in [5.41, 5.74) is 0.915. The zero-order valence-corrected chi connectivity index (χ0v) is 9.31. The van der Waals surface area contributed by atoms with E-state index >= 15 is 0 Å². The van der Waals surface area contributed by atoms with Gasteiger partial charge in [-0.1, -0.05) is 12.1 Å². The first kappa shape index (κ1) is 10.6. The van der Waals surface area contributed by atoms with E-state index in [1.54, 1.807) is 0 Å². The molecule has 0 amide bonds. The van der Waals surface area contributed by atoms with Gasteiger partial charge in [0, 0.05) is 12.1 Å². The van der Waals surface area contributed by atoms with Gasteiger partial charge in [0.05, 0.1) is 18.8 Å². The van der Waals surface area contributed by atoms with Gasteiger partial charge in [0.1, 0.15) is 0 Å². The van der Waals surface area contributed by atoms with Crippen LogP contribution in [0.2, 0.25) is 0 Å². The van der Waals surface area contributed by atoms with Crippen molar-refractivity contribution in [2.45, 2.75) is 32.9 Å². The van der Waals surface area contributed by atoms with Crippen LogP contribution in [0.25, 0.3) is 0 Å². The van der Waals surface area contributed by atoms with Crippen LogP contribution in [0.1, 0.15) is 24.8 Å². The Balaban J connectivity index is 2.00. The number of aromatic nitrogens is 1. The standard InChI is InChI=1S/C11H18N2O2/c1-8-3-4-13(11(8)7-14)6-10-5-9(2)12-15-10/h5,8,11,14H,3-4,6-7H2,1-2H3. The molecule has 1 aromatic rings. The zero-order valence-electron chi connectivity index (χ0n) is 9.31. The largest absolute Gasteiger partial charge is 0.395 e. The zero-order chi connectivity index (χ0) is 10.8. The molecule has 84 valence electrons. The Hall–Kier alpha value is -0.870. The molecule has 1 N–H and O–H groups in total. The molecule has 2 heterocycles. The lowest BCUT2D eigenvalue weighted by molar-refractivity contribution is 0.125. The van der Waals surface area contributed by atoms with Crippen molar-refractivity contribution in [1.82, 2.24) is 10.1 Å². The molecule has 4 heteroatoms. The van der Waals surface area contributed by atoms with Crippen LogP contribution in [-0.4, -0.2) is 34.4 Å². The minimum atomic E-state index is 0.230. The predicted octanol–water partition coefficient (Wildman–Crippen LogP) is 1.19. The summed E-state index contributed by atoms with van der Waals surface area (Å²) in [7, 11) is 0. The Morgan fingerprint density at radius 1 is 1.67 bits per heavy atom. The number of nitrogens with zero attached hydrogens (tertiary/aromatic N) is 2. The molecule has 0 saturated carbocycles. The van der Waals surface area contributed by atoms with E-state index < -0.39 is 0 Å². The normalized spacial score (nSPS) is 27.4. The Labute approximate surface area is 89.9 Å². The van der Waals surface area contributed by atoms with Crippen LogP contribution in [-0.2, 0) is 6.54 Å². The van der Waals surface area contributed by atoms with Gasteiger partial charge in [-0.3, -0.25) is 4.90 Å². The summed E-state index contributed by atoms with van der Waals surface area (Å²) in [5, 5.41) is 13.2. The van der Waals surface area contributed by atoms with Crippen LogP contribution in [0.15, 0.2) is 10.6 Å². The molecule has 1 aliphatic heterocycles. The second kappa shape index (κ2) is 4.33. The molecule has 1 fully saturated rings. The average molecular weight is 210 g/mol. The van der Waals surface area contributed by atoms with E-state index in [0.29, 0.717) is 5.92 Å². The molecule has 2 atom stereocenters. The summed E-state index contributed by atoms with van der Waals surface area (Å²) >= 11 is 0. The molecule has 0 aliphatic carbocycles. The number of aliphatic hydroxyl groups is 1. The summed E-state index contributed by atoms with van der Waals surface area (Å²) < 4.78 is 5.18. The van der Waals surface area contributed by atoms with Gasteiger partial charge in [-0.2, -0.15) is 0 Å². The summed E-state index contributed by atoms with van der Waals surface area (Å²) in [5.74, 6) is 1.46. The van der Waals surface area contributed by atoms with Gasteiger partial charge in [-0.05, 0) is 25.8 Å². The van der Waals surface area contributed by atoms with Crippen molar-refractivity contribution in [1.29, 1.82) is 0 Å². The number of hydrogen-bond donors (Lipinski definition) is 1. The Kier molecular flexibility index (Phi) is 3.07. The lowest BCUT2D eigenvalue weighted by Crippen LogP contribution is -2.34. The minimum Gasteiger partial charge on any atom is -0.395 e. The van der Waals surface area contributed by atoms with Crippen LogP contribution in [0.5, 0.6) is 0 Å². The van der Waals surface area contributed by atoms with Crippen LogP contribution >= 0.6 is 0 Å². The molecular formula is C11H18N2O2. The maximum atomic E-state index is 9.30. The smallest absolute Gasteiger partial charge is 0.150 e. The van der Waals surface area contributed by atoms with Gasteiger partial charge in [0.2, 0.25) is 0 Å². The number of aryl methyl sites for hydroxylation is 1. The van der Waals surface area contributed by atoms with Crippen LogP contribution in [0.4, 0.5) is 0 Å². The molecule has 2 unspecified atom stereocenters. The third kappa shape index (κ3) is 2.21. The quantitative estimate of drug-likeness (QED) is 0.814. The summed E-state index contributed by atoms with van der Waals surface area (Å²) in [6.45, 7) is 6.13. The number of aliphatic hydroxyl groups excluding tert-OH is 1.